The maximum atomic E-state index is 14.4. The number of hydrogen-bond acceptors (Lipinski definition) is 9. The van der Waals surface area contributed by atoms with Gasteiger partial charge in [0.2, 0.25) is 0 Å². The fraction of sp³-hybridized carbons (Fsp3) is 0.229. The molecule has 0 saturated carbocycles. The third-order valence-electron chi connectivity index (χ3n) is 7.69. The molecule has 4 aromatic carbocycles. The van der Waals surface area contributed by atoms with E-state index in [0.717, 1.165) is 10.9 Å². The number of aliphatic hydroxyl groups is 2. The maximum Gasteiger partial charge on any atom is 0.475 e. The molecule has 5 atom stereocenters. The minimum absolute atomic E-state index is 0.129. The van der Waals surface area contributed by atoms with Crippen LogP contribution in [-0.4, -0.2) is 51.8 Å². The number of fused-ring (bicyclic) bond motifs is 1. The third kappa shape index (κ3) is 7.30. The predicted molar refractivity (Wildman–Crippen MR) is 170 cm³/mol. The van der Waals surface area contributed by atoms with Gasteiger partial charge in [0.05, 0.1) is 30.9 Å². The van der Waals surface area contributed by atoms with Crippen molar-refractivity contribution in [2.75, 3.05) is 6.61 Å². The summed E-state index contributed by atoms with van der Waals surface area (Å²) in [6, 6.07) is 35.8. The summed E-state index contributed by atoms with van der Waals surface area (Å²) in [6.07, 6.45) is -5.02. The van der Waals surface area contributed by atoms with E-state index < -0.39 is 51.0 Å². The minimum Gasteiger partial charge on any atom is -0.451 e. The molecule has 0 unspecified atom stereocenters. The molecule has 5 aromatic rings. The Labute approximate surface area is 266 Å². The standard InChI is InChI=1S/C35H34NO9P/c37-22-30-31(38)32(45-46(40,41-23-25-12-4-1-5-13-25)42-24-26-14-6-2-7-15-26)33(44-35(39)28-17-8-3-9-18-28)34(43-30)36-21-20-27-16-10-11-19-29(27)36/h1-21,30-34,37-38H,22-24H2/t30-,31-,32+,33-,34-/m1/s1. The van der Waals surface area contributed by atoms with Gasteiger partial charge in [0, 0.05) is 6.20 Å². The van der Waals surface area contributed by atoms with Crippen molar-refractivity contribution in [3.63, 3.8) is 0 Å². The zero-order valence-electron chi connectivity index (χ0n) is 24.8. The van der Waals surface area contributed by atoms with Gasteiger partial charge >= 0.3 is 13.8 Å². The molecule has 238 valence electrons. The fourth-order valence-electron chi connectivity index (χ4n) is 5.32. The minimum atomic E-state index is -4.49. The molecule has 1 saturated heterocycles. The van der Waals surface area contributed by atoms with E-state index in [2.05, 4.69) is 0 Å². The van der Waals surface area contributed by atoms with Gasteiger partial charge in [-0.2, -0.15) is 0 Å². The Kier molecular flexibility index (Phi) is 10.1. The summed E-state index contributed by atoms with van der Waals surface area (Å²) in [7, 11) is -4.49. The first kappa shape index (κ1) is 31.8. The highest BCUT2D eigenvalue weighted by Crippen LogP contribution is 2.54. The van der Waals surface area contributed by atoms with Crippen LogP contribution in [0.2, 0.25) is 0 Å². The number of hydrogen-bond donors (Lipinski definition) is 2. The molecule has 0 radical (unpaired) electrons. The summed E-state index contributed by atoms with van der Waals surface area (Å²) in [4.78, 5) is 13.5. The highest BCUT2D eigenvalue weighted by molar-refractivity contribution is 7.48. The van der Waals surface area contributed by atoms with Gasteiger partial charge in [-0.25, -0.2) is 9.36 Å². The van der Waals surface area contributed by atoms with E-state index >= 15 is 0 Å². The lowest BCUT2D eigenvalue weighted by atomic mass is 9.97. The van der Waals surface area contributed by atoms with Crippen molar-refractivity contribution in [2.24, 2.45) is 0 Å². The van der Waals surface area contributed by atoms with E-state index in [-0.39, 0.29) is 18.8 Å². The Balaban J connectivity index is 1.38. The Morgan fingerprint density at radius 2 is 1.33 bits per heavy atom. The molecular formula is C35H34NO9P. The first-order valence-corrected chi connectivity index (χ1v) is 16.3. The summed E-state index contributed by atoms with van der Waals surface area (Å²) in [5.74, 6) is -0.718. The van der Waals surface area contributed by atoms with E-state index in [1.807, 2.05) is 66.7 Å². The van der Waals surface area contributed by atoms with Crippen LogP contribution in [0.4, 0.5) is 0 Å². The molecule has 6 rings (SSSR count). The van der Waals surface area contributed by atoms with Gasteiger partial charge in [-0.15, -0.1) is 0 Å². The number of carbonyl (C=O) groups excluding carboxylic acids is 1. The summed E-state index contributed by atoms with van der Waals surface area (Å²) < 4.78 is 46.2. The molecule has 1 fully saturated rings. The largest absolute Gasteiger partial charge is 0.475 e. The van der Waals surface area contributed by atoms with Crippen LogP contribution in [0.5, 0.6) is 0 Å². The maximum absolute atomic E-state index is 14.4. The molecule has 0 bridgehead atoms. The van der Waals surface area contributed by atoms with Crippen LogP contribution >= 0.6 is 7.82 Å². The van der Waals surface area contributed by atoms with Crippen molar-refractivity contribution < 1.29 is 42.6 Å². The monoisotopic (exact) mass is 643 g/mol. The lowest BCUT2D eigenvalue weighted by molar-refractivity contribution is -0.247. The predicted octanol–water partition coefficient (Wildman–Crippen LogP) is 6.04. The molecule has 46 heavy (non-hydrogen) atoms. The number of benzene rings is 4. The number of carbonyl (C=O) groups is 1. The number of aliphatic hydroxyl groups excluding tert-OH is 2. The molecule has 1 aliphatic heterocycles. The average Bonchev–Trinajstić information content (AvgIpc) is 3.54. The molecule has 10 nitrogen and oxygen atoms in total. The lowest BCUT2D eigenvalue weighted by Gasteiger charge is -2.44. The summed E-state index contributed by atoms with van der Waals surface area (Å²) in [5, 5.41) is 22.7. The van der Waals surface area contributed by atoms with E-state index in [4.69, 9.17) is 23.0 Å². The Bertz CT molecular complexity index is 1720. The van der Waals surface area contributed by atoms with Gasteiger partial charge in [-0.05, 0) is 40.8 Å². The highest BCUT2D eigenvalue weighted by atomic mass is 31.2. The quantitative estimate of drug-likeness (QED) is 0.124. The topological polar surface area (TPSA) is 126 Å². The second-order valence-corrected chi connectivity index (χ2v) is 12.4. The van der Waals surface area contributed by atoms with Crippen molar-refractivity contribution in [2.45, 2.75) is 43.9 Å². The van der Waals surface area contributed by atoms with Crippen LogP contribution in [0.25, 0.3) is 10.9 Å². The SMILES string of the molecule is O=C(O[C@@H]1[C@@H](OP(=O)(OCc2ccccc2)OCc2ccccc2)[C@H](O)[C@@H](CO)O[C@H]1n1ccc2ccccc21)c1ccccc1. The molecule has 0 spiro atoms. The Hall–Kier alpha value is -4.12. The zero-order chi connectivity index (χ0) is 31.9. The van der Waals surface area contributed by atoms with E-state index in [1.165, 1.54) is 0 Å². The van der Waals surface area contributed by atoms with Crippen LogP contribution in [0.1, 0.15) is 27.7 Å². The van der Waals surface area contributed by atoms with Gasteiger partial charge in [-0.1, -0.05) is 97.1 Å². The van der Waals surface area contributed by atoms with Crippen molar-refractivity contribution in [3.05, 3.63) is 144 Å². The van der Waals surface area contributed by atoms with Crippen LogP contribution in [0, 0.1) is 0 Å². The number of phosphoric acid groups is 1. The van der Waals surface area contributed by atoms with Crippen molar-refractivity contribution in [3.8, 4) is 0 Å². The molecule has 0 aliphatic carbocycles. The van der Waals surface area contributed by atoms with Crippen molar-refractivity contribution >= 4 is 24.7 Å². The molecule has 11 heteroatoms. The summed E-state index contributed by atoms with van der Waals surface area (Å²) in [6.45, 7) is -0.859. The van der Waals surface area contributed by atoms with E-state index in [0.29, 0.717) is 11.1 Å². The molecule has 0 amide bonds. The lowest BCUT2D eigenvalue weighted by Crippen LogP contribution is -2.58. The number of aromatic nitrogens is 1. The number of esters is 1. The summed E-state index contributed by atoms with van der Waals surface area (Å²) >= 11 is 0. The molecule has 1 aromatic heterocycles. The highest BCUT2D eigenvalue weighted by Gasteiger charge is 2.52. The Morgan fingerprint density at radius 3 is 1.93 bits per heavy atom. The average molecular weight is 644 g/mol. The molecule has 1 aliphatic rings. The van der Waals surface area contributed by atoms with Gasteiger partial charge in [0.15, 0.2) is 12.3 Å². The van der Waals surface area contributed by atoms with Gasteiger partial charge < -0.3 is 24.3 Å². The first-order valence-electron chi connectivity index (χ1n) is 14.9. The van der Waals surface area contributed by atoms with Gasteiger partial charge in [-0.3, -0.25) is 13.6 Å². The fourth-order valence-corrected chi connectivity index (χ4v) is 6.68. The van der Waals surface area contributed by atoms with E-state index in [1.54, 1.807) is 65.4 Å². The number of ether oxygens (including phenoxy) is 2. The van der Waals surface area contributed by atoms with Crippen LogP contribution in [0.3, 0.4) is 0 Å². The second-order valence-electron chi connectivity index (χ2n) is 10.8. The van der Waals surface area contributed by atoms with Crippen LogP contribution in [-0.2, 0) is 40.8 Å². The first-order chi connectivity index (χ1) is 22.4. The van der Waals surface area contributed by atoms with Crippen molar-refractivity contribution in [1.82, 2.24) is 4.57 Å². The van der Waals surface area contributed by atoms with Crippen LogP contribution in [0.15, 0.2) is 128 Å². The van der Waals surface area contributed by atoms with Gasteiger partial charge in [0.1, 0.15) is 18.3 Å². The normalized spacial score (nSPS) is 21.7. The third-order valence-corrected chi connectivity index (χ3v) is 9.08. The van der Waals surface area contributed by atoms with Gasteiger partial charge in [0.25, 0.3) is 0 Å². The number of para-hydroxylation sites is 1. The summed E-state index contributed by atoms with van der Waals surface area (Å²) in [5.41, 5.74) is 2.40. The Morgan fingerprint density at radius 1 is 0.761 bits per heavy atom. The number of nitrogens with zero attached hydrogens (tertiary/aromatic N) is 1. The smallest absolute Gasteiger partial charge is 0.451 e. The molecule has 2 heterocycles. The molecule has 2 N–H and O–H groups in total. The van der Waals surface area contributed by atoms with Crippen LogP contribution < -0.4 is 0 Å². The zero-order valence-corrected chi connectivity index (χ0v) is 25.7. The number of rotatable bonds is 12. The second kappa shape index (κ2) is 14.5. The number of phosphoric ester groups is 1. The van der Waals surface area contributed by atoms with E-state index in [9.17, 15) is 19.6 Å². The molecular weight excluding hydrogens is 609 g/mol. The van der Waals surface area contributed by atoms with Crippen molar-refractivity contribution in [1.29, 1.82) is 0 Å².